The number of aromatic nitrogens is 2. The van der Waals surface area contributed by atoms with Crippen molar-refractivity contribution in [2.75, 3.05) is 36.4 Å². The molecule has 5 rings (SSSR count). The van der Waals surface area contributed by atoms with Crippen LogP contribution in [0.3, 0.4) is 0 Å². The van der Waals surface area contributed by atoms with Crippen molar-refractivity contribution in [2.24, 2.45) is 0 Å². The highest BCUT2D eigenvalue weighted by atomic mass is 35.5. The van der Waals surface area contributed by atoms with Crippen molar-refractivity contribution in [1.29, 1.82) is 0 Å². The zero-order valence-corrected chi connectivity index (χ0v) is 19.8. The summed E-state index contributed by atoms with van der Waals surface area (Å²) in [5, 5.41) is 5.12. The molecule has 1 aliphatic rings. The first-order valence-corrected chi connectivity index (χ1v) is 11.5. The second kappa shape index (κ2) is 10.2. The van der Waals surface area contributed by atoms with Gasteiger partial charge in [0.15, 0.2) is 11.6 Å². The molecule has 3 aromatic carbocycles. The number of rotatable bonds is 5. The van der Waals surface area contributed by atoms with Gasteiger partial charge in [0, 0.05) is 43.9 Å². The van der Waals surface area contributed by atoms with Crippen LogP contribution in [0.5, 0.6) is 11.5 Å². The van der Waals surface area contributed by atoms with Crippen LogP contribution in [0.15, 0.2) is 48.7 Å². The zero-order valence-electron chi connectivity index (χ0n) is 19.0. The number of ether oxygens (including phenoxy) is 1. The lowest BCUT2D eigenvalue weighted by molar-refractivity contribution is 0.102. The van der Waals surface area contributed by atoms with E-state index in [0.29, 0.717) is 22.9 Å². The maximum atomic E-state index is 15.2. The highest BCUT2D eigenvalue weighted by Gasteiger charge is 2.23. The van der Waals surface area contributed by atoms with Gasteiger partial charge in [-0.2, -0.15) is 4.39 Å². The first-order valence-electron chi connectivity index (χ1n) is 11.1. The van der Waals surface area contributed by atoms with Crippen LogP contribution in [0, 0.1) is 23.3 Å². The van der Waals surface area contributed by atoms with Crippen LogP contribution in [0.25, 0.3) is 11.0 Å². The summed E-state index contributed by atoms with van der Waals surface area (Å²) in [5.41, 5.74) is 0.0244. The van der Waals surface area contributed by atoms with Gasteiger partial charge in [-0.05, 0) is 30.3 Å². The SMILES string of the molecule is O=C(Nc1cc(F)c(F)c(Oc2ccc3ncc(N4CCNCC4)nc3c2)c1F)c1ccc(Cl)c(F)c1. The van der Waals surface area contributed by atoms with Crippen LogP contribution < -0.4 is 20.3 Å². The molecular weight excluding hydrogens is 514 g/mol. The Balaban J connectivity index is 1.43. The normalized spacial score (nSPS) is 13.6. The monoisotopic (exact) mass is 531 g/mol. The fourth-order valence-electron chi connectivity index (χ4n) is 3.80. The molecule has 0 spiro atoms. The third-order valence-corrected chi connectivity index (χ3v) is 6.01. The lowest BCUT2D eigenvalue weighted by Crippen LogP contribution is -2.43. The highest BCUT2D eigenvalue weighted by Crippen LogP contribution is 2.35. The molecule has 190 valence electrons. The second-order valence-corrected chi connectivity index (χ2v) is 8.57. The molecule has 0 aliphatic carbocycles. The number of anilines is 2. The minimum absolute atomic E-state index is 0.0280. The molecule has 0 bridgehead atoms. The van der Waals surface area contributed by atoms with E-state index in [4.69, 9.17) is 16.3 Å². The van der Waals surface area contributed by atoms with Gasteiger partial charge in [-0.3, -0.25) is 9.78 Å². The summed E-state index contributed by atoms with van der Waals surface area (Å²) in [6.07, 6.45) is 1.64. The number of hydrogen-bond donors (Lipinski definition) is 2. The average Bonchev–Trinajstić information content (AvgIpc) is 2.91. The predicted octanol–water partition coefficient (Wildman–Crippen LogP) is 5.29. The van der Waals surface area contributed by atoms with E-state index in [1.807, 2.05) is 4.90 Å². The molecule has 12 heteroatoms. The standard InChI is InChI=1S/C25H18ClF4N5O2/c26-15-3-1-13(9-16(15)27)25(36)34-20-11-17(28)22(29)24(23(20)30)37-14-2-4-18-19(10-14)33-21(12-32-18)35-7-5-31-6-8-35/h1-4,9-12,31H,5-8H2,(H,34,36). The molecule has 2 heterocycles. The summed E-state index contributed by atoms with van der Waals surface area (Å²) in [6.45, 7) is 3.08. The van der Waals surface area contributed by atoms with E-state index >= 15 is 4.39 Å². The molecule has 37 heavy (non-hydrogen) atoms. The molecule has 0 radical (unpaired) electrons. The number of amides is 1. The Morgan fingerprint density at radius 1 is 0.973 bits per heavy atom. The van der Waals surface area contributed by atoms with Gasteiger partial charge in [-0.25, -0.2) is 18.2 Å². The lowest BCUT2D eigenvalue weighted by atomic mass is 10.2. The van der Waals surface area contributed by atoms with Crippen molar-refractivity contribution in [3.63, 3.8) is 0 Å². The van der Waals surface area contributed by atoms with Crippen molar-refractivity contribution in [3.8, 4) is 11.5 Å². The Bertz CT molecular complexity index is 1510. The van der Waals surface area contributed by atoms with Crippen molar-refractivity contribution < 1.29 is 27.1 Å². The maximum absolute atomic E-state index is 15.2. The predicted molar refractivity (Wildman–Crippen MR) is 130 cm³/mol. The molecule has 1 aromatic heterocycles. The minimum Gasteiger partial charge on any atom is -0.451 e. The van der Waals surface area contributed by atoms with E-state index in [1.165, 1.54) is 18.2 Å². The van der Waals surface area contributed by atoms with E-state index in [-0.39, 0.29) is 16.3 Å². The molecular formula is C25H18ClF4N5O2. The number of nitrogens with zero attached hydrogens (tertiary/aromatic N) is 3. The van der Waals surface area contributed by atoms with E-state index < -0.39 is 40.6 Å². The first kappa shape index (κ1) is 24.7. The van der Waals surface area contributed by atoms with Crippen molar-refractivity contribution in [3.05, 3.63) is 82.5 Å². The van der Waals surface area contributed by atoms with Gasteiger partial charge in [0.05, 0.1) is 27.9 Å². The second-order valence-electron chi connectivity index (χ2n) is 8.16. The van der Waals surface area contributed by atoms with Crippen molar-refractivity contribution in [1.82, 2.24) is 15.3 Å². The number of carbonyl (C=O) groups excluding carboxylic acids is 1. The van der Waals surface area contributed by atoms with Crippen LogP contribution in [0.4, 0.5) is 29.1 Å². The van der Waals surface area contributed by atoms with E-state index in [0.717, 1.165) is 38.3 Å². The van der Waals surface area contributed by atoms with Crippen LogP contribution in [-0.4, -0.2) is 42.1 Å². The van der Waals surface area contributed by atoms with Gasteiger partial charge in [-0.15, -0.1) is 0 Å². The summed E-state index contributed by atoms with van der Waals surface area (Å²) in [5.74, 6) is -6.70. The van der Waals surface area contributed by atoms with E-state index in [1.54, 1.807) is 12.3 Å². The Morgan fingerprint density at radius 2 is 1.76 bits per heavy atom. The summed E-state index contributed by atoms with van der Waals surface area (Å²) in [4.78, 5) is 23.4. The topological polar surface area (TPSA) is 79.4 Å². The number of piperazine rings is 1. The average molecular weight is 532 g/mol. The number of halogens is 5. The minimum atomic E-state index is -1.59. The van der Waals surface area contributed by atoms with Crippen LogP contribution in [0.2, 0.25) is 5.02 Å². The summed E-state index contributed by atoms with van der Waals surface area (Å²) >= 11 is 5.60. The van der Waals surface area contributed by atoms with Gasteiger partial charge < -0.3 is 20.3 Å². The van der Waals surface area contributed by atoms with Gasteiger partial charge in [0.1, 0.15) is 17.4 Å². The molecule has 2 N–H and O–H groups in total. The molecule has 0 saturated carbocycles. The molecule has 4 aromatic rings. The van der Waals surface area contributed by atoms with Crippen LogP contribution in [0.1, 0.15) is 10.4 Å². The van der Waals surface area contributed by atoms with Gasteiger partial charge in [0.25, 0.3) is 5.91 Å². The zero-order chi connectivity index (χ0) is 26.1. The molecule has 0 atom stereocenters. The van der Waals surface area contributed by atoms with Crippen LogP contribution in [-0.2, 0) is 0 Å². The molecule has 7 nitrogen and oxygen atoms in total. The largest absolute Gasteiger partial charge is 0.451 e. The maximum Gasteiger partial charge on any atom is 0.255 e. The Labute approximate surface area is 213 Å². The summed E-state index contributed by atoms with van der Waals surface area (Å²) < 4.78 is 63.1. The third-order valence-electron chi connectivity index (χ3n) is 5.71. The van der Waals surface area contributed by atoms with Gasteiger partial charge in [-0.1, -0.05) is 11.6 Å². The number of carbonyl (C=O) groups is 1. The molecule has 1 aliphatic heterocycles. The fraction of sp³-hybridized carbons (Fsp3) is 0.160. The quantitative estimate of drug-likeness (QED) is 0.269. The number of benzene rings is 3. The fourth-order valence-corrected chi connectivity index (χ4v) is 3.92. The van der Waals surface area contributed by atoms with Gasteiger partial charge >= 0.3 is 0 Å². The first-order chi connectivity index (χ1) is 17.8. The number of fused-ring (bicyclic) bond motifs is 1. The number of hydrogen-bond acceptors (Lipinski definition) is 6. The van der Waals surface area contributed by atoms with E-state index in [2.05, 4.69) is 20.6 Å². The smallest absolute Gasteiger partial charge is 0.255 e. The summed E-state index contributed by atoms with van der Waals surface area (Å²) in [7, 11) is 0. The lowest BCUT2D eigenvalue weighted by Gasteiger charge is -2.28. The van der Waals surface area contributed by atoms with Crippen molar-refractivity contribution >= 4 is 40.0 Å². The van der Waals surface area contributed by atoms with Crippen LogP contribution >= 0.6 is 11.6 Å². The van der Waals surface area contributed by atoms with Crippen molar-refractivity contribution in [2.45, 2.75) is 0 Å². The molecule has 1 saturated heterocycles. The molecule has 1 amide bonds. The molecule has 0 unspecified atom stereocenters. The van der Waals surface area contributed by atoms with Gasteiger partial charge in [0.2, 0.25) is 11.6 Å². The Kier molecular flexibility index (Phi) is 6.81. The third kappa shape index (κ3) is 5.13. The Hall–Kier alpha value is -3.96. The highest BCUT2D eigenvalue weighted by molar-refractivity contribution is 6.30. The summed E-state index contributed by atoms with van der Waals surface area (Å²) in [6, 6.07) is 8.00. The van der Waals surface area contributed by atoms with E-state index in [9.17, 15) is 18.0 Å². The molecule has 1 fully saturated rings. The number of nitrogens with one attached hydrogen (secondary N) is 2. The Morgan fingerprint density at radius 3 is 2.51 bits per heavy atom.